The predicted octanol–water partition coefficient (Wildman–Crippen LogP) is 2.89. The average Bonchev–Trinajstić information content (AvgIpc) is 2.92. The molecule has 0 radical (unpaired) electrons. The Morgan fingerprint density at radius 3 is 2.28 bits per heavy atom. The molecule has 0 saturated carbocycles. The Labute approximate surface area is 172 Å². The molecule has 2 aromatic carbocycles. The van der Waals surface area contributed by atoms with Crippen LogP contribution >= 0.6 is 11.6 Å². The molecule has 8 heteroatoms. The van der Waals surface area contributed by atoms with Gasteiger partial charge in [-0.1, -0.05) is 29.8 Å². The molecule has 0 aliphatic heterocycles. The Morgan fingerprint density at radius 2 is 1.66 bits per heavy atom. The summed E-state index contributed by atoms with van der Waals surface area (Å²) in [6.45, 7) is 3.30. The molecular weight excluding hydrogens is 392 g/mol. The number of benzene rings is 2. The van der Waals surface area contributed by atoms with Gasteiger partial charge < -0.3 is 10.6 Å². The molecule has 0 fully saturated rings. The molecule has 0 bridgehead atoms. The Bertz CT molecular complexity index is 1100. The molecule has 150 valence electrons. The van der Waals surface area contributed by atoms with Crippen molar-refractivity contribution >= 4 is 29.1 Å². The van der Waals surface area contributed by atoms with Gasteiger partial charge in [0.1, 0.15) is 11.7 Å². The van der Waals surface area contributed by atoms with Crippen LogP contribution in [0.2, 0.25) is 5.02 Å². The Hall–Kier alpha value is -3.32. The molecule has 2 N–H and O–H groups in total. The van der Waals surface area contributed by atoms with Crippen LogP contribution in [0.1, 0.15) is 23.0 Å². The lowest BCUT2D eigenvalue weighted by Crippen LogP contribution is -2.42. The maximum absolute atomic E-state index is 12.9. The molecule has 3 aromatic rings. The zero-order chi connectivity index (χ0) is 21.1. The Balaban J connectivity index is 1.77. The summed E-state index contributed by atoms with van der Waals surface area (Å²) in [5, 5.41) is 5.78. The first-order valence-corrected chi connectivity index (χ1v) is 9.38. The predicted molar refractivity (Wildman–Crippen MR) is 113 cm³/mol. The third kappa shape index (κ3) is 4.25. The lowest BCUT2D eigenvalue weighted by Gasteiger charge is -2.13. The highest BCUT2D eigenvalue weighted by atomic mass is 35.5. The van der Waals surface area contributed by atoms with Gasteiger partial charge in [0.05, 0.1) is 11.4 Å². The van der Waals surface area contributed by atoms with Crippen LogP contribution in [0.25, 0.3) is 5.69 Å². The van der Waals surface area contributed by atoms with Crippen molar-refractivity contribution < 1.29 is 9.59 Å². The molecule has 0 aliphatic carbocycles. The number of carbonyl (C=O) groups excluding carboxylic acids is 2. The van der Waals surface area contributed by atoms with E-state index in [4.69, 9.17) is 11.6 Å². The van der Waals surface area contributed by atoms with Gasteiger partial charge in [-0.25, -0.2) is 4.68 Å². The first-order valence-electron chi connectivity index (χ1n) is 9.01. The van der Waals surface area contributed by atoms with Crippen LogP contribution in [-0.2, 0) is 11.8 Å². The van der Waals surface area contributed by atoms with E-state index >= 15 is 0 Å². The van der Waals surface area contributed by atoms with Gasteiger partial charge in [-0.05, 0) is 50.2 Å². The molecule has 0 aliphatic rings. The van der Waals surface area contributed by atoms with Gasteiger partial charge in [0.15, 0.2) is 0 Å². The number of aromatic nitrogens is 2. The number of nitrogens with one attached hydrogen (secondary N) is 2. The molecule has 0 spiro atoms. The number of rotatable bonds is 5. The monoisotopic (exact) mass is 412 g/mol. The molecule has 1 aromatic heterocycles. The summed E-state index contributed by atoms with van der Waals surface area (Å²) in [6, 6.07) is 14.6. The number of para-hydroxylation sites is 1. The smallest absolute Gasteiger partial charge is 0.295 e. The van der Waals surface area contributed by atoms with E-state index in [1.54, 1.807) is 62.0 Å². The highest BCUT2D eigenvalue weighted by Gasteiger charge is 2.22. The number of anilines is 1. The number of hydrogen-bond donors (Lipinski definition) is 2. The van der Waals surface area contributed by atoms with Crippen LogP contribution in [0.15, 0.2) is 59.4 Å². The van der Waals surface area contributed by atoms with Crippen molar-refractivity contribution in [3.8, 4) is 5.69 Å². The molecular formula is C21H21ClN4O3. The second-order valence-electron chi connectivity index (χ2n) is 6.63. The maximum Gasteiger partial charge on any atom is 0.295 e. The van der Waals surface area contributed by atoms with Crippen molar-refractivity contribution in [3.63, 3.8) is 0 Å². The SMILES string of the molecule is Cc1c(NC(=O)C(C)NC(=O)c2ccc(Cl)cc2)c(=O)n(-c2ccccc2)n1C. The van der Waals surface area contributed by atoms with E-state index in [0.29, 0.717) is 22.0 Å². The number of amides is 2. The summed E-state index contributed by atoms with van der Waals surface area (Å²) in [7, 11) is 1.74. The molecule has 29 heavy (non-hydrogen) atoms. The van der Waals surface area contributed by atoms with E-state index in [1.807, 2.05) is 18.2 Å². The molecule has 7 nitrogen and oxygen atoms in total. The fourth-order valence-corrected chi connectivity index (χ4v) is 3.02. The van der Waals surface area contributed by atoms with Gasteiger partial charge in [0, 0.05) is 17.6 Å². The normalized spacial score (nSPS) is 11.7. The maximum atomic E-state index is 12.9. The summed E-state index contributed by atoms with van der Waals surface area (Å²) in [5.41, 5.74) is 1.50. The van der Waals surface area contributed by atoms with E-state index in [1.165, 1.54) is 4.68 Å². The summed E-state index contributed by atoms with van der Waals surface area (Å²) >= 11 is 5.82. The zero-order valence-electron chi connectivity index (χ0n) is 16.3. The topological polar surface area (TPSA) is 85.1 Å². The van der Waals surface area contributed by atoms with Crippen LogP contribution in [0.5, 0.6) is 0 Å². The van der Waals surface area contributed by atoms with Gasteiger partial charge in [-0.15, -0.1) is 0 Å². The van der Waals surface area contributed by atoms with Crippen LogP contribution < -0.4 is 16.2 Å². The minimum absolute atomic E-state index is 0.175. The van der Waals surface area contributed by atoms with Crippen molar-refractivity contribution in [2.75, 3.05) is 5.32 Å². The van der Waals surface area contributed by atoms with Crippen molar-refractivity contribution in [1.29, 1.82) is 0 Å². The van der Waals surface area contributed by atoms with Crippen LogP contribution in [0.3, 0.4) is 0 Å². The second-order valence-corrected chi connectivity index (χ2v) is 7.06. The summed E-state index contributed by atoms with van der Waals surface area (Å²) in [5.74, 6) is -0.894. The zero-order valence-corrected chi connectivity index (χ0v) is 17.0. The highest BCUT2D eigenvalue weighted by Crippen LogP contribution is 2.14. The Kier molecular flexibility index (Phi) is 5.89. The van der Waals surface area contributed by atoms with E-state index < -0.39 is 17.9 Å². The van der Waals surface area contributed by atoms with Crippen molar-refractivity contribution in [2.24, 2.45) is 7.05 Å². The van der Waals surface area contributed by atoms with Gasteiger partial charge >= 0.3 is 0 Å². The van der Waals surface area contributed by atoms with Gasteiger partial charge in [0.25, 0.3) is 11.5 Å². The molecule has 2 amide bonds. The van der Waals surface area contributed by atoms with Crippen LogP contribution in [-0.4, -0.2) is 27.2 Å². The lowest BCUT2D eigenvalue weighted by molar-refractivity contribution is -0.117. The third-order valence-corrected chi connectivity index (χ3v) is 4.90. The van der Waals surface area contributed by atoms with Gasteiger partial charge in [-0.2, -0.15) is 0 Å². The van der Waals surface area contributed by atoms with Crippen molar-refractivity contribution in [1.82, 2.24) is 14.7 Å². The van der Waals surface area contributed by atoms with Gasteiger partial charge in [0.2, 0.25) is 5.91 Å². The summed E-state index contributed by atoms with van der Waals surface area (Å²) in [4.78, 5) is 37.8. The van der Waals surface area contributed by atoms with E-state index in [0.717, 1.165) is 0 Å². The van der Waals surface area contributed by atoms with Crippen LogP contribution in [0.4, 0.5) is 5.69 Å². The standard InChI is InChI=1S/C21H21ClN4O3/c1-13(23-20(28)15-9-11-16(22)12-10-15)19(27)24-18-14(2)25(3)26(21(18)29)17-7-5-4-6-8-17/h4-13H,1-3H3,(H,23,28)(H,24,27). The second kappa shape index (κ2) is 8.36. The molecule has 1 atom stereocenters. The quantitative estimate of drug-likeness (QED) is 0.675. The molecule has 1 heterocycles. The molecule has 3 rings (SSSR count). The lowest BCUT2D eigenvalue weighted by atomic mass is 10.2. The average molecular weight is 413 g/mol. The number of carbonyl (C=O) groups is 2. The molecule has 1 unspecified atom stereocenters. The fraction of sp³-hybridized carbons (Fsp3) is 0.190. The van der Waals surface area contributed by atoms with E-state index in [9.17, 15) is 14.4 Å². The van der Waals surface area contributed by atoms with Crippen molar-refractivity contribution in [3.05, 3.63) is 81.2 Å². The van der Waals surface area contributed by atoms with Crippen LogP contribution in [0, 0.1) is 6.92 Å². The summed E-state index contributed by atoms with van der Waals surface area (Å²) in [6.07, 6.45) is 0. The largest absolute Gasteiger partial charge is 0.341 e. The number of hydrogen-bond acceptors (Lipinski definition) is 3. The van der Waals surface area contributed by atoms with Gasteiger partial charge in [-0.3, -0.25) is 19.1 Å². The first kappa shape index (κ1) is 20.4. The summed E-state index contributed by atoms with van der Waals surface area (Å²) < 4.78 is 3.14. The van der Waals surface area contributed by atoms with E-state index in [-0.39, 0.29) is 11.2 Å². The number of halogens is 1. The minimum atomic E-state index is -0.845. The minimum Gasteiger partial charge on any atom is -0.341 e. The number of nitrogens with zero attached hydrogens (tertiary/aromatic N) is 2. The highest BCUT2D eigenvalue weighted by molar-refractivity contribution is 6.30. The fourth-order valence-electron chi connectivity index (χ4n) is 2.89. The third-order valence-electron chi connectivity index (χ3n) is 4.65. The van der Waals surface area contributed by atoms with Crippen molar-refractivity contribution in [2.45, 2.75) is 19.9 Å². The Morgan fingerprint density at radius 1 is 1.03 bits per heavy atom. The molecule has 0 saturated heterocycles. The van der Waals surface area contributed by atoms with E-state index in [2.05, 4.69) is 10.6 Å². The first-order chi connectivity index (χ1) is 13.8.